The van der Waals surface area contributed by atoms with Crippen LogP contribution >= 0.6 is 22.7 Å². The topological polar surface area (TPSA) is 63.2 Å². The predicted molar refractivity (Wildman–Crippen MR) is 108 cm³/mol. The highest BCUT2D eigenvalue weighted by Gasteiger charge is 2.32. The molecule has 8 heteroatoms. The van der Waals surface area contributed by atoms with Gasteiger partial charge in [-0.2, -0.15) is 0 Å². The van der Waals surface area contributed by atoms with E-state index in [-0.39, 0.29) is 6.04 Å². The zero-order valence-electron chi connectivity index (χ0n) is 14.8. The summed E-state index contributed by atoms with van der Waals surface area (Å²) in [5.74, 6) is 0. The zero-order valence-corrected chi connectivity index (χ0v) is 17.2. The van der Waals surface area contributed by atoms with Gasteiger partial charge in [0.25, 0.3) is 0 Å². The van der Waals surface area contributed by atoms with Crippen molar-refractivity contribution in [1.29, 1.82) is 0 Å². The molecule has 0 unspecified atom stereocenters. The smallest absolute Gasteiger partial charge is 0.232 e. The van der Waals surface area contributed by atoms with Crippen LogP contribution in [0.4, 0.5) is 5.69 Å². The maximum atomic E-state index is 12.1. The van der Waals surface area contributed by atoms with Gasteiger partial charge in [0.15, 0.2) is 0 Å². The Kier molecular flexibility index (Phi) is 4.37. The number of fused-ring (bicyclic) bond motifs is 1. The van der Waals surface area contributed by atoms with E-state index in [4.69, 9.17) is 4.98 Å². The Labute approximate surface area is 161 Å². The predicted octanol–water partition coefficient (Wildman–Crippen LogP) is 3.88. The van der Waals surface area contributed by atoms with Crippen LogP contribution in [0.15, 0.2) is 29.0 Å². The molecule has 26 heavy (non-hydrogen) atoms. The van der Waals surface area contributed by atoms with E-state index in [9.17, 15) is 8.42 Å². The van der Waals surface area contributed by atoms with E-state index >= 15 is 0 Å². The average Bonchev–Trinajstić information content (AvgIpc) is 3.24. The third-order valence-electron chi connectivity index (χ3n) is 4.41. The Balaban J connectivity index is 1.61. The first-order valence-corrected chi connectivity index (χ1v) is 11.9. The van der Waals surface area contributed by atoms with Gasteiger partial charge in [-0.1, -0.05) is 6.07 Å². The molecule has 3 aromatic rings. The number of nitrogens with zero attached hydrogens (tertiary/aromatic N) is 3. The first kappa shape index (κ1) is 17.6. The Morgan fingerprint density at radius 3 is 2.62 bits per heavy atom. The molecule has 5 nitrogen and oxygen atoms in total. The van der Waals surface area contributed by atoms with Crippen molar-refractivity contribution >= 4 is 38.4 Å². The molecule has 0 aliphatic carbocycles. The van der Waals surface area contributed by atoms with Crippen molar-refractivity contribution in [3.05, 3.63) is 50.2 Å². The van der Waals surface area contributed by atoms with E-state index in [1.165, 1.54) is 10.6 Å². The van der Waals surface area contributed by atoms with E-state index in [0.29, 0.717) is 0 Å². The number of aromatic nitrogens is 2. The molecule has 1 aliphatic rings. The molecule has 4 rings (SSSR count). The maximum absolute atomic E-state index is 12.1. The molecular weight excluding hydrogens is 386 g/mol. The van der Waals surface area contributed by atoms with Gasteiger partial charge in [0.05, 0.1) is 29.1 Å². The molecule has 136 valence electrons. The summed E-state index contributed by atoms with van der Waals surface area (Å²) in [6.45, 7) is 3.94. The van der Waals surface area contributed by atoms with Crippen molar-refractivity contribution in [2.45, 2.75) is 32.7 Å². The lowest BCUT2D eigenvalue weighted by Crippen LogP contribution is -2.34. The van der Waals surface area contributed by atoms with E-state index in [1.54, 1.807) is 22.7 Å². The molecule has 2 aromatic heterocycles. The van der Waals surface area contributed by atoms with Gasteiger partial charge in [0.1, 0.15) is 5.01 Å². The number of sulfonamides is 1. The van der Waals surface area contributed by atoms with Crippen LogP contribution in [-0.4, -0.2) is 30.7 Å². The first-order chi connectivity index (χ1) is 12.3. The summed E-state index contributed by atoms with van der Waals surface area (Å²) in [7, 11) is -3.26. The Morgan fingerprint density at radius 1 is 1.19 bits per heavy atom. The lowest BCUT2D eigenvalue weighted by molar-refractivity contribution is 0.590. The fraction of sp³-hybridized carbons (Fsp3) is 0.333. The lowest BCUT2D eigenvalue weighted by atomic mass is 10.1. The molecule has 0 spiro atoms. The number of anilines is 1. The summed E-state index contributed by atoms with van der Waals surface area (Å²) in [4.78, 5) is 9.25. The highest BCUT2D eigenvalue weighted by molar-refractivity contribution is 7.92. The fourth-order valence-corrected chi connectivity index (χ4v) is 6.34. The third-order valence-corrected chi connectivity index (χ3v) is 7.49. The molecule has 0 fully saturated rings. The van der Waals surface area contributed by atoms with Crippen molar-refractivity contribution in [1.82, 2.24) is 9.97 Å². The summed E-state index contributed by atoms with van der Waals surface area (Å²) in [6, 6.07) is 5.89. The Morgan fingerprint density at radius 2 is 1.92 bits per heavy atom. The van der Waals surface area contributed by atoms with Crippen LogP contribution in [-0.2, 0) is 22.9 Å². The molecule has 0 amide bonds. The van der Waals surface area contributed by atoms with Crippen LogP contribution in [0.5, 0.6) is 0 Å². The van der Waals surface area contributed by atoms with Crippen molar-refractivity contribution < 1.29 is 8.42 Å². The molecule has 0 bridgehead atoms. The number of aryl methyl sites for hydroxylation is 1. The maximum Gasteiger partial charge on any atom is 0.232 e. The number of benzene rings is 1. The van der Waals surface area contributed by atoms with Crippen molar-refractivity contribution in [2.75, 3.05) is 10.6 Å². The number of rotatable bonds is 4. The molecule has 0 N–H and O–H groups in total. The third kappa shape index (κ3) is 3.28. The summed E-state index contributed by atoms with van der Waals surface area (Å²) >= 11 is 3.30. The van der Waals surface area contributed by atoms with Gasteiger partial charge < -0.3 is 0 Å². The van der Waals surface area contributed by atoms with Crippen LogP contribution in [0.25, 0.3) is 11.3 Å². The second-order valence-electron chi connectivity index (χ2n) is 6.64. The van der Waals surface area contributed by atoms with Gasteiger partial charge in [0, 0.05) is 28.1 Å². The van der Waals surface area contributed by atoms with Gasteiger partial charge in [-0.05, 0) is 38.0 Å². The summed E-state index contributed by atoms with van der Waals surface area (Å²) < 4.78 is 25.6. The van der Waals surface area contributed by atoms with E-state index in [2.05, 4.69) is 21.8 Å². The van der Waals surface area contributed by atoms with Gasteiger partial charge in [-0.3, -0.25) is 4.31 Å². The number of hydrogen-bond donors (Lipinski definition) is 0. The van der Waals surface area contributed by atoms with E-state index in [1.807, 2.05) is 26.0 Å². The van der Waals surface area contributed by atoms with Gasteiger partial charge in [-0.15, -0.1) is 22.7 Å². The first-order valence-electron chi connectivity index (χ1n) is 8.29. The van der Waals surface area contributed by atoms with Crippen LogP contribution in [0, 0.1) is 6.92 Å². The minimum atomic E-state index is -3.26. The SMILES string of the molecule is Cc1csc(Cc2nc(-c3ccc4c(c3)C[C@@H](C)N4S(C)(=O)=O)cs2)n1. The second kappa shape index (κ2) is 6.44. The van der Waals surface area contributed by atoms with Crippen LogP contribution in [0.2, 0.25) is 0 Å². The van der Waals surface area contributed by atoms with E-state index in [0.717, 1.165) is 51.1 Å². The van der Waals surface area contributed by atoms with Crippen LogP contribution in [0.3, 0.4) is 0 Å². The van der Waals surface area contributed by atoms with E-state index < -0.39 is 10.0 Å². The minimum absolute atomic E-state index is 0.0469. The molecule has 0 saturated heterocycles. The molecule has 0 saturated carbocycles. The summed E-state index contributed by atoms with van der Waals surface area (Å²) in [6.07, 6.45) is 2.75. The zero-order chi connectivity index (χ0) is 18.5. The average molecular weight is 406 g/mol. The minimum Gasteiger partial charge on any atom is -0.267 e. The molecule has 1 aromatic carbocycles. The van der Waals surface area contributed by atoms with Crippen molar-refractivity contribution in [3.8, 4) is 11.3 Å². The number of hydrogen-bond acceptors (Lipinski definition) is 6. The highest BCUT2D eigenvalue weighted by Crippen LogP contribution is 2.37. The van der Waals surface area contributed by atoms with Crippen molar-refractivity contribution in [3.63, 3.8) is 0 Å². The largest absolute Gasteiger partial charge is 0.267 e. The molecule has 1 aliphatic heterocycles. The summed E-state index contributed by atoms with van der Waals surface area (Å²) in [5.41, 5.74) is 4.86. The molecule has 0 radical (unpaired) electrons. The van der Waals surface area contributed by atoms with Gasteiger partial charge >= 0.3 is 0 Å². The molecule has 1 atom stereocenters. The fourth-order valence-electron chi connectivity index (χ4n) is 3.41. The lowest BCUT2D eigenvalue weighted by Gasteiger charge is -2.21. The van der Waals surface area contributed by atoms with Crippen LogP contribution < -0.4 is 4.31 Å². The quantitative estimate of drug-likeness (QED) is 0.661. The number of thiazole rings is 2. The van der Waals surface area contributed by atoms with Gasteiger partial charge in [0.2, 0.25) is 10.0 Å². The second-order valence-corrected chi connectivity index (χ2v) is 10.4. The summed E-state index contributed by atoms with van der Waals surface area (Å²) in [5, 5.41) is 6.24. The highest BCUT2D eigenvalue weighted by atomic mass is 32.2. The van der Waals surface area contributed by atoms with Gasteiger partial charge in [-0.25, -0.2) is 18.4 Å². The molecule has 3 heterocycles. The normalized spacial score (nSPS) is 16.9. The molecular formula is C18H19N3O2S3. The van der Waals surface area contributed by atoms with Crippen molar-refractivity contribution in [2.24, 2.45) is 0 Å². The Hall–Kier alpha value is -1.77. The standard InChI is InChI=1S/C18H19N3O2S3/c1-11-9-24-17(19-11)8-18-20-15(10-25-18)13-4-5-16-14(7-13)6-12(2)21(16)26(3,22)23/h4-5,7,9-10,12H,6,8H2,1-3H3/t12-/m1/s1. The monoisotopic (exact) mass is 405 g/mol. The Bertz CT molecular complexity index is 1070. The van der Waals surface area contributed by atoms with Crippen LogP contribution in [0.1, 0.15) is 28.2 Å².